The van der Waals surface area contributed by atoms with E-state index >= 15 is 0 Å². The van der Waals surface area contributed by atoms with Crippen molar-refractivity contribution in [3.8, 4) is 0 Å². The van der Waals surface area contributed by atoms with Crippen molar-refractivity contribution in [1.29, 1.82) is 0 Å². The van der Waals surface area contributed by atoms with E-state index < -0.39 is 22.4 Å². The minimum atomic E-state index is -4.11. The highest BCUT2D eigenvalue weighted by Gasteiger charge is 2.31. The molecular formula is C21H26FN3O3S. The first-order chi connectivity index (χ1) is 13.8. The number of aryl methyl sites for hydroxylation is 1. The molecule has 1 heterocycles. The van der Waals surface area contributed by atoms with Crippen molar-refractivity contribution in [2.75, 3.05) is 43.6 Å². The Morgan fingerprint density at radius 3 is 2.24 bits per heavy atom. The number of para-hydroxylation sites is 1. The molecule has 0 aromatic heterocycles. The topological polar surface area (TPSA) is 60.9 Å². The van der Waals surface area contributed by atoms with Gasteiger partial charge >= 0.3 is 0 Å². The zero-order valence-electron chi connectivity index (χ0n) is 16.7. The summed E-state index contributed by atoms with van der Waals surface area (Å²) >= 11 is 0. The number of hydrogen-bond acceptors (Lipinski definition) is 4. The molecule has 2 aromatic carbocycles. The molecule has 1 amide bonds. The Morgan fingerprint density at radius 2 is 1.66 bits per heavy atom. The predicted molar refractivity (Wildman–Crippen MR) is 111 cm³/mol. The maximum absolute atomic E-state index is 14.5. The normalized spacial score (nSPS) is 15.3. The summed E-state index contributed by atoms with van der Waals surface area (Å²) in [6, 6.07) is 11.9. The summed E-state index contributed by atoms with van der Waals surface area (Å²) in [5, 5.41) is 0. The second-order valence-electron chi connectivity index (χ2n) is 7.09. The van der Waals surface area contributed by atoms with Gasteiger partial charge in [0.15, 0.2) is 0 Å². The number of amides is 1. The summed E-state index contributed by atoms with van der Waals surface area (Å²) in [4.78, 5) is 16.8. The van der Waals surface area contributed by atoms with E-state index in [2.05, 4.69) is 11.8 Å². The van der Waals surface area contributed by atoms with Crippen LogP contribution in [0.1, 0.15) is 12.5 Å². The van der Waals surface area contributed by atoms with Crippen LogP contribution in [-0.2, 0) is 14.8 Å². The summed E-state index contributed by atoms with van der Waals surface area (Å²) in [6.07, 6.45) is 0. The number of nitrogens with zero attached hydrogens (tertiary/aromatic N) is 3. The van der Waals surface area contributed by atoms with Crippen LogP contribution in [0.25, 0.3) is 0 Å². The van der Waals surface area contributed by atoms with Crippen molar-refractivity contribution < 1.29 is 17.6 Å². The molecule has 1 fully saturated rings. The molecule has 6 nitrogen and oxygen atoms in total. The van der Waals surface area contributed by atoms with Crippen LogP contribution in [0.2, 0.25) is 0 Å². The maximum Gasteiger partial charge on any atom is 0.264 e. The Bertz CT molecular complexity index is 955. The Morgan fingerprint density at radius 1 is 1.03 bits per heavy atom. The van der Waals surface area contributed by atoms with Crippen LogP contribution >= 0.6 is 0 Å². The lowest BCUT2D eigenvalue weighted by atomic mass is 10.2. The molecule has 156 valence electrons. The molecule has 0 unspecified atom stereocenters. The van der Waals surface area contributed by atoms with Crippen molar-refractivity contribution in [2.24, 2.45) is 0 Å². The van der Waals surface area contributed by atoms with E-state index in [-0.39, 0.29) is 16.5 Å². The van der Waals surface area contributed by atoms with E-state index in [0.29, 0.717) is 13.1 Å². The molecule has 2 aromatic rings. The monoisotopic (exact) mass is 419 g/mol. The van der Waals surface area contributed by atoms with Crippen LogP contribution in [-0.4, -0.2) is 63.4 Å². The summed E-state index contributed by atoms with van der Waals surface area (Å²) in [7, 11) is -4.11. The molecule has 0 radical (unpaired) electrons. The molecule has 0 saturated carbocycles. The first kappa shape index (κ1) is 21.3. The van der Waals surface area contributed by atoms with E-state index in [1.165, 1.54) is 30.3 Å². The SMILES string of the molecule is CCN1CCN(C(=O)CN(c2ccccc2F)S(=O)(=O)c2ccc(C)cc2)CC1. The summed E-state index contributed by atoms with van der Waals surface area (Å²) < 4.78 is 42.0. The fraction of sp³-hybridized carbons (Fsp3) is 0.381. The van der Waals surface area contributed by atoms with Gasteiger partial charge in [0.1, 0.15) is 12.4 Å². The van der Waals surface area contributed by atoms with E-state index in [9.17, 15) is 17.6 Å². The minimum absolute atomic E-state index is 0.0231. The summed E-state index contributed by atoms with van der Waals surface area (Å²) in [5.41, 5.74) is 0.778. The Balaban J connectivity index is 1.91. The zero-order chi connectivity index (χ0) is 21.0. The third-order valence-electron chi connectivity index (χ3n) is 5.18. The van der Waals surface area contributed by atoms with Crippen molar-refractivity contribution in [2.45, 2.75) is 18.7 Å². The Kier molecular flexibility index (Phi) is 6.54. The largest absolute Gasteiger partial charge is 0.339 e. The number of sulfonamides is 1. The highest BCUT2D eigenvalue weighted by Crippen LogP contribution is 2.26. The quantitative estimate of drug-likeness (QED) is 0.722. The molecule has 0 bridgehead atoms. The van der Waals surface area contributed by atoms with Gasteiger partial charge in [-0.1, -0.05) is 36.8 Å². The number of benzene rings is 2. The molecule has 0 spiro atoms. The van der Waals surface area contributed by atoms with Gasteiger partial charge in [-0.25, -0.2) is 12.8 Å². The van der Waals surface area contributed by atoms with Gasteiger partial charge in [0.25, 0.3) is 10.0 Å². The number of hydrogen-bond donors (Lipinski definition) is 0. The van der Waals surface area contributed by atoms with Gasteiger partial charge in [0.2, 0.25) is 5.91 Å². The van der Waals surface area contributed by atoms with Gasteiger partial charge in [-0.15, -0.1) is 0 Å². The molecular weight excluding hydrogens is 393 g/mol. The van der Waals surface area contributed by atoms with Crippen LogP contribution in [0.4, 0.5) is 10.1 Å². The number of carbonyl (C=O) groups excluding carboxylic acids is 1. The summed E-state index contributed by atoms with van der Waals surface area (Å²) in [5.74, 6) is -1.02. The highest BCUT2D eigenvalue weighted by atomic mass is 32.2. The molecule has 1 aliphatic rings. The lowest BCUT2D eigenvalue weighted by Crippen LogP contribution is -2.51. The van der Waals surface area contributed by atoms with E-state index in [0.717, 1.165) is 29.5 Å². The van der Waals surface area contributed by atoms with Gasteiger partial charge in [0, 0.05) is 26.2 Å². The standard InChI is InChI=1S/C21H26FN3O3S/c1-3-23-12-14-24(15-13-23)21(26)16-25(20-7-5-4-6-19(20)22)29(27,28)18-10-8-17(2)9-11-18/h4-11H,3,12-16H2,1-2H3. The molecule has 0 N–H and O–H groups in total. The lowest BCUT2D eigenvalue weighted by molar-refractivity contribution is -0.131. The minimum Gasteiger partial charge on any atom is -0.339 e. The van der Waals surface area contributed by atoms with Crippen molar-refractivity contribution >= 4 is 21.6 Å². The Hall–Kier alpha value is -2.45. The molecule has 1 aliphatic heterocycles. The number of carbonyl (C=O) groups is 1. The van der Waals surface area contributed by atoms with Gasteiger partial charge in [-0.3, -0.25) is 9.10 Å². The van der Waals surface area contributed by atoms with Crippen LogP contribution in [0.5, 0.6) is 0 Å². The van der Waals surface area contributed by atoms with Crippen molar-refractivity contribution in [3.05, 3.63) is 59.9 Å². The fourth-order valence-corrected chi connectivity index (χ4v) is 4.75. The lowest BCUT2D eigenvalue weighted by Gasteiger charge is -2.35. The van der Waals surface area contributed by atoms with E-state index in [1.807, 2.05) is 6.92 Å². The van der Waals surface area contributed by atoms with Crippen LogP contribution in [0, 0.1) is 12.7 Å². The molecule has 0 aliphatic carbocycles. The number of halogens is 1. The zero-order valence-corrected chi connectivity index (χ0v) is 17.5. The molecule has 29 heavy (non-hydrogen) atoms. The summed E-state index contributed by atoms with van der Waals surface area (Å²) in [6.45, 7) is 6.93. The number of anilines is 1. The maximum atomic E-state index is 14.5. The fourth-order valence-electron chi connectivity index (χ4n) is 3.33. The van der Waals surface area contributed by atoms with E-state index in [4.69, 9.17) is 0 Å². The average molecular weight is 420 g/mol. The van der Waals surface area contributed by atoms with Gasteiger partial charge in [-0.05, 0) is 37.7 Å². The van der Waals surface area contributed by atoms with Gasteiger partial charge < -0.3 is 9.80 Å². The number of rotatable bonds is 6. The molecule has 1 saturated heterocycles. The highest BCUT2D eigenvalue weighted by molar-refractivity contribution is 7.92. The van der Waals surface area contributed by atoms with E-state index in [1.54, 1.807) is 23.1 Å². The molecule has 0 atom stereocenters. The molecule has 8 heteroatoms. The number of likely N-dealkylation sites (N-methyl/N-ethyl adjacent to an activating group) is 1. The van der Waals surface area contributed by atoms with Crippen LogP contribution in [0.15, 0.2) is 53.4 Å². The average Bonchev–Trinajstić information content (AvgIpc) is 2.73. The predicted octanol–water partition coefficient (Wildman–Crippen LogP) is 2.49. The third kappa shape index (κ3) is 4.76. The second-order valence-corrected chi connectivity index (χ2v) is 8.95. The Labute approximate surface area is 171 Å². The van der Waals surface area contributed by atoms with Crippen molar-refractivity contribution in [1.82, 2.24) is 9.80 Å². The molecule has 3 rings (SSSR count). The first-order valence-electron chi connectivity index (χ1n) is 9.67. The smallest absolute Gasteiger partial charge is 0.264 e. The van der Waals surface area contributed by atoms with Crippen LogP contribution < -0.4 is 4.31 Å². The van der Waals surface area contributed by atoms with Crippen LogP contribution in [0.3, 0.4) is 0 Å². The van der Waals surface area contributed by atoms with Crippen molar-refractivity contribution in [3.63, 3.8) is 0 Å². The number of piperazine rings is 1. The van der Waals surface area contributed by atoms with Gasteiger partial charge in [0.05, 0.1) is 10.6 Å². The third-order valence-corrected chi connectivity index (χ3v) is 6.96. The van der Waals surface area contributed by atoms with Gasteiger partial charge in [-0.2, -0.15) is 0 Å². The first-order valence-corrected chi connectivity index (χ1v) is 11.1. The second kappa shape index (κ2) is 8.92.